The molecule has 0 spiro atoms. The van der Waals surface area contributed by atoms with Gasteiger partial charge in [-0.25, -0.2) is 8.78 Å². The van der Waals surface area contributed by atoms with E-state index < -0.39 is 23.3 Å². The molecule has 2 unspecified atom stereocenters. The molecule has 0 fully saturated rings. The highest BCUT2D eigenvalue weighted by Crippen LogP contribution is 2.17. The van der Waals surface area contributed by atoms with Gasteiger partial charge < -0.3 is 20.3 Å². The number of benzene rings is 1. The van der Waals surface area contributed by atoms with Crippen LogP contribution in [0.1, 0.15) is 25.0 Å². The lowest BCUT2D eigenvalue weighted by molar-refractivity contribution is 0.0224. The fraction of sp³-hybridized carbons (Fsp3) is 0.571. The lowest BCUT2D eigenvalue weighted by Crippen LogP contribution is -2.40. The first-order chi connectivity index (χ1) is 9.35. The predicted molar refractivity (Wildman–Crippen MR) is 71.3 cm³/mol. The molecule has 1 aromatic rings. The molecule has 1 rings (SSSR count). The summed E-state index contributed by atoms with van der Waals surface area (Å²) in [5, 5.41) is 22.7. The summed E-state index contributed by atoms with van der Waals surface area (Å²) in [4.78, 5) is 0. The normalized spacial score (nSPS) is 15.9. The number of methoxy groups -OCH3 is 1. The van der Waals surface area contributed by atoms with Gasteiger partial charge in [-0.15, -0.1) is 0 Å². The predicted octanol–water partition coefficient (Wildman–Crippen LogP) is 1.38. The van der Waals surface area contributed by atoms with Gasteiger partial charge in [-0.05, 0) is 13.0 Å². The summed E-state index contributed by atoms with van der Waals surface area (Å²) in [6.45, 7) is 2.36. The van der Waals surface area contributed by atoms with Gasteiger partial charge >= 0.3 is 0 Å². The molecular formula is C14H21F2NO3. The summed E-state index contributed by atoms with van der Waals surface area (Å²) < 4.78 is 31.1. The fourth-order valence-electron chi connectivity index (χ4n) is 1.77. The molecule has 0 aliphatic rings. The van der Waals surface area contributed by atoms with Crippen LogP contribution in [-0.4, -0.2) is 42.6 Å². The molecule has 114 valence electrons. The highest BCUT2D eigenvalue weighted by molar-refractivity contribution is 5.21. The summed E-state index contributed by atoms with van der Waals surface area (Å²) in [7, 11) is 1.55. The van der Waals surface area contributed by atoms with E-state index in [1.807, 2.05) is 0 Å². The third kappa shape index (κ3) is 5.50. The second-order valence-electron chi connectivity index (χ2n) is 5.05. The lowest BCUT2D eigenvalue weighted by Gasteiger charge is -2.24. The van der Waals surface area contributed by atoms with Gasteiger partial charge in [-0.3, -0.25) is 0 Å². The molecule has 0 saturated carbocycles. The molecule has 0 heterocycles. The molecule has 0 aliphatic heterocycles. The highest BCUT2D eigenvalue weighted by Gasteiger charge is 2.20. The zero-order valence-electron chi connectivity index (χ0n) is 11.7. The molecule has 4 nitrogen and oxygen atoms in total. The number of aliphatic hydroxyl groups is 2. The lowest BCUT2D eigenvalue weighted by atomic mass is 10.0. The minimum atomic E-state index is -1.10. The van der Waals surface area contributed by atoms with E-state index in [2.05, 4.69) is 5.32 Å². The Kier molecular flexibility index (Phi) is 6.48. The van der Waals surface area contributed by atoms with Gasteiger partial charge in [0.1, 0.15) is 11.6 Å². The minimum Gasteiger partial charge on any atom is -0.389 e. The van der Waals surface area contributed by atoms with E-state index in [4.69, 9.17) is 4.74 Å². The summed E-state index contributed by atoms with van der Waals surface area (Å²) in [6, 6.07) is 3.03. The van der Waals surface area contributed by atoms with Crippen LogP contribution in [-0.2, 0) is 4.74 Å². The van der Waals surface area contributed by atoms with Crippen molar-refractivity contribution in [3.63, 3.8) is 0 Å². The van der Waals surface area contributed by atoms with Crippen molar-refractivity contribution < 1.29 is 23.7 Å². The van der Waals surface area contributed by atoms with E-state index in [1.54, 1.807) is 14.0 Å². The Hall–Kier alpha value is -1.08. The first kappa shape index (κ1) is 17.0. The van der Waals surface area contributed by atoms with E-state index in [9.17, 15) is 19.0 Å². The van der Waals surface area contributed by atoms with Crippen molar-refractivity contribution >= 4 is 0 Å². The Morgan fingerprint density at radius 1 is 1.40 bits per heavy atom. The Bertz CT molecular complexity index is 427. The van der Waals surface area contributed by atoms with Crippen LogP contribution in [0.5, 0.6) is 0 Å². The summed E-state index contributed by atoms with van der Waals surface area (Å²) in [5.41, 5.74) is -0.952. The Balaban J connectivity index is 2.45. The average Bonchev–Trinajstić information content (AvgIpc) is 2.36. The standard InChI is InChI=1S/C14H21F2NO3/c1-14(19,5-6-20-2)9-17-8-13(18)11-4-3-10(15)7-12(11)16/h3-4,7,13,17-19H,5-6,8-9H2,1-2H3. The maximum atomic E-state index is 13.4. The maximum Gasteiger partial charge on any atom is 0.131 e. The Morgan fingerprint density at radius 2 is 2.10 bits per heavy atom. The average molecular weight is 289 g/mol. The van der Waals surface area contributed by atoms with Crippen molar-refractivity contribution in [3.8, 4) is 0 Å². The van der Waals surface area contributed by atoms with Gasteiger partial charge in [0.05, 0.1) is 11.7 Å². The fourth-order valence-corrected chi connectivity index (χ4v) is 1.77. The first-order valence-electron chi connectivity index (χ1n) is 6.41. The highest BCUT2D eigenvalue weighted by atomic mass is 19.1. The van der Waals surface area contributed by atoms with Gasteiger partial charge in [-0.1, -0.05) is 6.07 Å². The van der Waals surface area contributed by atoms with E-state index in [-0.39, 0.29) is 18.7 Å². The van der Waals surface area contributed by atoms with Crippen LogP contribution >= 0.6 is 0 Å². The Labute approximate surface area is 117 Å². The van der Waals surface area contributed by atoms with Gasteiger partial charge in [-0.2, -0.15) is 0 Å². The second kappa shape index (κ2) is 7.64. The van der Waals surface area contributed by atoms with E-state index >= 15 is 0 Å². The van der Waals surface area contributed by atoms with Crippen molar-refractivity contribution in [1.82, 2.24) is 5.32 Å². The molecule has 6 heteroatoms. The molecule has 1 aromatic carbocycles. The summed E-state index contributed by atoms with van der Waals surface area (Å²) in [5.74, 6) is -1.47. The van der Waals surface area contributed by atoms with Crippen LogP contribution in [0.4, 0.5) is 8.78 Å². The van der Waals surface area contributed by atoms with Crippen molar-refractivity contribution in [2.75, 3.05) is 26.8 Å². The first-order valence-corrected chi connectivity index (χ1v) is 6.41. The smallest absolute Gasteiger partial charge is 0.131 e. The number of halogens is 2. The molecule has 0 aromatic heterocycles. The van der Waals surface area contributed by atoms with Crippen molar-refractivity contribution in [1.29, 1.82) is 0 Å². The molecule has 0 bridgehead atoms. The van der Waals surface area contributed by atoms with Crippen LogP contribution < -0.4 is 5.32 Å². The van der Waals surface area contributed by atoms with Gasteiger partial charge in [0.25, 0.3) is 0 Å². The quantitative estimate of drug-likeness (QED) is 0.676. The second-order valence-corrected chi connectivity index (χ2v) is 5.05. The van der Waals surface area contributed by atoms with E-state index in [1.165, 1.54) is 6.07 Å². The maximum absolute atomic E-state index is 13.4. The van der Waals surface area contributed by atoms with Gasteiger partial charge in [0, 0.05) is 44.9 Å². The Morgan fingerprint density at radius 3 is 2.70 bits per heavy atom. The number of rotatable bonds is 8. The number of hydrogen-bond acceptors (Lipinski definition) is 4. The third-order valence-electron chi connectivity index (χ3n) is 3.01. The molecule has 0 aliphatic carbocycles. The van der Waals surface area contributed by atoms with Crippen LogP contribution in [0.2, 0.25) is 0 Å². The number of hydrogen-bond donors (Lipinski definition) is 3. The van der Waals surface area contributed by atoms with E-state index in [0.29, 0.717) is 13.0 Å². The zero-order chi connectivity index (χ0) is 15.2. The summed E-state index contributed by atoms with van der Waals surface area (Å²) in [6.07, 6.45) is -0.661. The largest absolute Gasteiger partial charge is 0.389 e. The summed E-state index contributed by atoms with van der Waals surface area (Å²) >= 11 is 0. The van der Waals surface area contributed by atoms with Gasteiger partial charge in [0.15, 0.2) is 0 Å². The van der Waals surface area contributed by atoms with Crippen molar-refractivity contribution in [2.24, 2.45) is 0 Å². The van der Waals surface area contributed by atoms with Crippen molar-refractivity contribution in [2.45, 2.75) is 25.0 Å². The van der Waals surface area contributed by atoms with Gasteiger partial charge in [0.2, 0.25) is 0 Å². The molecular weight excluding hydrogens is 268 g/mol. The van der Waals surface area contributed by atoms with E-state index in [0.717, 1.165) is 12.1 Å². The number of nitrogens with one attached hydrogen (secondary N) is 1. The molecule has 0 saturated heterocycles. The molecule has 0 amide bonds. The molecule has 0 radical (unpaired) electrons. The number of aliphatic hydroxyl groups excluding tert-OH is 1. The van der Waals surface area contributed by atoms with Crippen LogP contribution in [0.15, 0.2) is 18.2 Å². The molecule has 2 atom stereocenters. The van der Waals surface area contributed by atoms with Crippen LogP contribution in [0, 0.1) is 11.6 Å². The monoisotopic (exact) mass is 289 g/mol. The zero-order valence-corrected chi connectivity index (χ0v) is 11.7. The topological polar surface area (TPSA) is 61.7 Å². The number of ether oxygens (including phenoxy) is 1. The SMILES string of the molecule is COCCC(C)(O)CNCC(O)c1ccc(F)cc1F. The van der Waals surface area contributed by atoms with Crippen LogP contribution in [0.25, 0.3) is 0 Å². The molecule has 3 N–H and O–H groups in total. The van der Waals surface area contributed by atoms with Crippen molar-refractivity contribution in [3.05, 3.63) is 35.4 Å². The third-order valence-corrected chi connectivity index (χ3v) is 3.01. The van der Waals surface area contributed by atoms with Crippen LogP contribution in [0.3, 0.4) is 0 Å². The molecule has 20 heavy (non-hydrogen) atoms. The minimum absolute atomic E-state index is 0.0236.